The normalized spacial score (nSPS) is 10.7. The van der Waals surface area contributed by atoms with Gasteiger partial charge in [0, 0.05) is 22.6 Å². The molecule has 6 N–H and O–H groups in total. The van der Waals surface area contributed by atoms with Crippen molar-refractivity contribution in [2.24, 2.45) is 11.5 Å². The van der Waals surface area contributed by atoms with E-state index in [2.05, 4.69) is 0 Å². The van der Waals surface area contributed by atoms with E-state index in [-0.39, 0.29) is 22.8 Å². The van der Waals surface area contributed by atoms with Crippen LogP contribution in [-0.4, -0.2) is 22.2 Å². The molecule has 0 saturated heterocycles. The Labute approximate surface area is 189 Å². The molecular formula is C25H21N5O3. The highest BCUT2D eigenvalue weighted by molar-refractivity contribution is 5.99. The van der Waals surface area contributed by atoms with Gasteiger partial charge in [0.05, 0.1) is 17.6 Å². The van der Waals surface area contributed by atoms with Crippen LogP contribution in [0, 0.1) is 10.8 Å². The zero-order valence-corrected chi connectivity index (χ0v) is 17.5. The number of nitrogens with one attached hydrogen (secondary N) is 2. The molecule has 0 atom stereocenters. The first-order chi connectivity index (χ1) is 15.8. The molecule has 0 aliphatic heterocycles. The van der Waals surface area contributed by atoms with E-state index in [1.807, 2.05) is 6.07 Å². The summed E-state index contributed by atoms with van der Waals surface area (Å²) >= 11 is 0. The highest BCUT2D eigenvalue weighted by atomic mass is 16.5. The number of carbonyl (C=O) groups excluding carboxylic acids is 1. The largest absolute Gasteiger partial charge is 0.423 e. The summed E-state index contributed by atoms with van der Waals surface area (Å²) in [5.41, 5.74) is 13.7. The number of carbonyl (C=O) groups is 1. The minimum absolute atomic E-state index is 0.0394. The summed E-state index contributed by atoms with van der Waals surface area (Å²) in [6, 6.07) is 21.7. The number of amidine groups is 2. The van der Waals surface area contributed by atoms with Crippen LogP contribution < -0.4 is 21.8 Å². The van der Waals surface area contributed by atoms with Crippen LogP contribution in [0.3, 0.4) is 0 Å². The number of hydrogen-bond donors (Lipinski definition) is 4. The number of benzene rings is 3. The molecule has 3 aromatic carbocycles. The lowest BCUT2D eigenvalue weighted by atomic mass is 10.1. The first-order valence-electron chi connectivity index (χ1n) is 10.1. The third kappa shape index (κ3) is 4.64. The average Bonchev–Trinajstić information content (AvgIpc) is 2.81. The minimum atomic E-state index is -0.577. The van der Waals surface area contributed by atoms with Gasteiger partial charge in [0.1, 0.15) is 17.4 Å². The molecule has 0 radical (unpaired) electrons. The van der Waals surface area contributed by atoms with Crippen molar-refractivity contribution < 1.29 is 9.53 Å². The van der Waals surface area contributed by atoms with Crippen molar-refractivity contribution in [3.63, 3.8) is 0 Å². The Balaban J connectivity index is 1.63. The number of ether oxygens (including phenoxy) is 1. The average molecular weight is 439 g/mol. The molecule has 8 heteroatoms. The maximum Gasteiger partial charge on any atom is 0.343 e. The summed E-state index contributed by atoms with van der Waals surface area (Å²) in [6.07, 6.45) is 0. The smallest absolute Gasteiger partial charge is 0.343 e. The molecule has 8 nitrogen and oxygen atoms in total. The van der Waals surface area contributed by atoms with Crippen molar-refractivity contribution in [1.82, 2.24) is 4.57 Å². The Hall–Kier alpha value is -4.72. The Morgan fingerprint density at radius 2 is 1.48 bits per heavy atom. The van der Waals surface area contributed by atoms with Crippen LogP contribution >= 0.6 is 0 Å². The number of esters is 1. The van der Waals surface area contributed by atoms with Gasteiger partial charge < -0.3 is 20.8 Å². The Kier molecular flexibility index (Phi) is 5.73. The number of hydrogen-bond acceptors (Lipinski definition) is 5. The van der Waals surface area contributed by atoms with Gasteiger partial charge in [-0.2, -0.15) is 0 Å². The molecule has 33 heavy (non-hydrogen) atoms. The molecule has 0 fully saturated rings. The molecule has 0 saturated carbocycles. The zero-order chi connectivity index (χ0) is 23.5. The lowest BCUT2D eigenvalue weighted by Crippen LogP contribution is -2.20. The van der Waals surface area contributed by atoms with Gasteiger partial charge >= 0.3 is 5.97 Å². The van der Waals surface area contributed by atoms with Crippen molar-refractivity contribution in [1.29, 1.82) is 10.8 Å². The van der Waals surface area contributed by atoms with Gasteiger partial charge in [-0.25, -0.2) is 4.79 Å². The van der Waals surface area contributed by atoms with Gasteiger partial charge in [-0.05, 0) is 48.0 Å². The van der Waals surface area contributed by atoms with E-state index in [1.54, 1.807) is 65.2 Å². The van der Waals surface area contributed by atoms with Crippen LogP contribution in [-0.2, 0) is 6.54 Å². The molecular weight excluding hydrogens is 418 g/mol. The first-order valence-corrected chi connectivity index (χ1v) is 10.1. The maximum atomic E-state index is 12.6. The summed E-state index contributed by atoms with van der Waals surface area (Å²) in [7, 11) is 0. The maximum absolute atomic E-state index is 12.6. The standard InChI is InChI=1S/C25H21N5O3/c26-23(27)17-4-1-3-15(11-17)14-30-21-9-8-20(13-16(21)7-10-22(30)31)33-25(32)19-6-2-5-18(12-19)24(28)29/h1-13H,14H2,(H3,26,27)(H3,28,29). The van der Waals surface area contributed by atoms with Crippen LogP contribution in [0.15, 0.2) is 83.7 Å². The van der Waals surface area contributed by atoms with E-state index in [0.717, 1.165) is 10.9 Å². The zero-order valence-electron chi connectivity index (χ0n) is 17.5. The topological polar surface area (TPSA) is 148 Å². The molecule has 0 aliphatic carbocycles. The second-order valence-electron chi connectivity index (χ2n) is 7.48. The number of nitrogen functional groups attached to an aromatic ring is 2. The van der Waals surface area contributed by atoms with Crippen LogP contribution in [0.1, 0.15) is 27.0 Å². The van der Waals surface area contributed by atoms with Crippen molar-refractivity contribution in [3.8, 4) is 5.75 Å². The van der Waals surface area contributed by atoms with E-state index < -0.39 is 5.97 Å². The van der Waals surface area contributed by atoms with Crippen LogP contribution in [0.25, 0.3) is 10.9 Å². The van der Waals surface area contributed by atoms with Gasteiger partial charge in [-0.3, -0.25) is 15.6 Å². The lowest BCUT2D eigenvalue weighted by Gasteiger charge is -2.12. The quantitative estimate of drug-likeness (QED) is 0.158. The number of rotatable bonds is 6. The minimum Gasteiger partial charge on any atom is -0.423 e. The highest BCUT2D eigenvalue weighted by Crippen LogP contribution is 2.22. The summed E-state index contributed by atoms with van der Waals surface area (Å²) in [5.74, 6) is -0.430. The molecule has 0 amide bonds. The number of nitrogens with zero attached hydrogens (tertiary/aromatic N) is 1. The van der Waals surface area contributed by atoms with Crippen molar-refractivity contribution >= 4 is 28.5 Å². The predicted molar refractivity (Wildman–Crippen MR) is 127 cm³/mol. The molecule has 1 aromatic heterocycles. The fourth-order valence-corrected chi connectivity index (χ4v) is 3.51. The molecule has 4 rings (SSSR count). The third-order valence-corrected chi connectivity index (χ3v) is 5.16. The van der Waals surface area contributed by atoms with Crippen molar-refractivity contribution in [2.75, 3.05) is 0 Å². The van der Waals surface area contributed by atoms with E-state index in [1.165, 1.54) is 12.1 Å². The molecule has 164 valence electrons. The SMILES string of the molecule is N=C(N)c1cccc(Cn2c(=O)ccc3cc(OC(=O)c4cccc(C(=N)N)c4)ccc32)c1. The van der Waals surface area contributed by atoms with Gasteiger partial charge in [-0.15, -0.1) is 0 Å². The van der Waals surface area contributed by atoms with Gasteiger partial charge in [0.2, 0.25) is 0 Å². The van der Waals surface area contributed by atoms with E-state index in [0.29, 0.717) is 28.9 Å². The van der Waals surface area contributed by atoms with Crippen molar-refractivity contribution in [2.45, 2.75) is 6.54 Å². The summed E-state index contributed by atoms with van der Waals surface area (Å²) in [6.45, 7) is 0.300. The van der Waals surface area contributed by atoms with E-state index in [4.69, 9.17) is 27.0 Å². The fourth-order valence-electron chi connectivity index (χ4n) is 3.51. The monoisotopic (exact) mass is 439 g/mol. The number of nitrogens with two attached hydrogens (primary N) is 2. The van der Waals surface area contributed by atoms with E-state index >= 15 is 0 Å². The molecule has 0 aliphatic rings. The van der Waals surface area contributed by atoms with Gasteiger partial charge in [0.15, 0.2) is 0 Å². The van der Waals surface area contributed by atoms with Crippen LogP contribution in [0.2, 0.25) is 0 Å². The Morgan fingerprint density at radius 3 is 2.21 bits per heavy atom. The van der Waals surface area contributed by atoms with Crippen LogP contribution in [0.5, 0.6) is 5.75 Å². The molecule has 4 aromatic rings. The predicted octanol–water partition coefficient (Wildman–Crippen LogP) is 2.84. The molecule has 0 spiro atoms. The van der Waals surface area contributed by atoms with Crippen LogP contribution in [0.4, 0.5) is 0 Å². The molecule has 1 heterocycles. The van der Waals surface area contributed by atoms with E-state index in [9.17, 15) is 9.59 Å². The second-order valence-corrected chi connectivity index (χ2v) is 7.48. The van der Waals surface area contributed by atoms with Crippen molar-refractivity contribution in [3.05, 3.63) is 111 Å². The lowest BCUT2D eigenvalue weighted by molar-refractivity contribution is 0.0735. The number of aromatic nitrogens is 1. The highest BCUT2D eigenvalue weighted by Gasteiger charge is 2.12. The number of pyridine rings is 1. The summed E-state index contributed by atoms with van der Waals surface area (Å²) in [4.78, 5) is 25.1. The first kappa shape index (κ1) is 21.5. The fraction of sp³-hybridized carbons (Fsp3) is 0.0400. The van der Waals surface area contributed by atoms with Gasteiger partial charge in [-0.1, -0.05) is 30.3 Å². The second kappa shape index (κ2) is 8.80. The number of fused-ring (bicyclic) bond motifs is 1. The summed E-state index contributed by atoms with van der Waals surface area (Å²) < 4.78 is 7.11. The molecule has 0 unspecified atom stereocenters. The third-order valence-electron chi connectivity index (χ3n) is 5.16. The summed E-state index contributed by atoms with van der Waals surface area (Å²) in [5, 5.41) is 15.8. The van der Waals surface area contributed by atoms with Gasteiger partial charge in [0.25, 0.3) is 5.56 Å². The Morgan fingerprint density at radius 1 is 0.818 bits per heavy atom. The molecule has 0 bridgehead atoms. The Bertz CT molecular complexity index is 1470.